The van der Waals surface area contributed by atoms with Crippen LogP contribution in [-0.2, 0) is 33.8 Å². The van der Waals surface area contributed by atoms with Gasteiger partial charge in [-0.1, -0.05) is 12.1 Å². The van der Waals surface area contributed by atoms with Crippen molar-refractivity contribution in [2.45, 2.75) is 4.90 Å². The second-order valence-corrected chi connectivity index (χ2v) is 7.90. The average Bonchev–Trinajstić information content (AvgIpc) is 2.72. The number of piperazine rings is 1. The summed E-state index contributed by atoms with van der Waals surface area (Å²) in [5.74, 6) is -2.21. The number of esters is 1. The Kier molecular flexibility index (Phi) is 6.15. The summed E-state index contributed by atoms with van der Waals surface area (Å²) < 4.78 is 55.0. The van der Waals surface area contributed by atoms with Crippen molar-refractivity contribution in [1.82, 2.24) is 9.21 Å². The molecule has 28 heavy (non-hydrogen) atoms. The first-order valence-electron chi connectivity index (χ1n) is 8.54. The normalized spacial score (nSPS) is 17.9. The Balaban J connectivity index is 1.52. The monoisotopic (exact) mass is 414 g/mol. The largest absolute Gasteiger partial charge is 0.493 e. The van der Waals surface area contributed by atoms with Gasteiger partial charge in [0.1, 0.15) is 30.2 Å². The third kappa shape index (κ3) is 4.42. The smallest absolute Gasteiger partial charge is 0.377 e. The third-order valence-electron chi connectivity index (χ3n) is 4.22. The zero-order valence-corrected chi connectivity index (χ0v) is 15.7. The molecule has 0 atom stereocenters. The summed E-state index contributed by atoms with van der Waals surface area (Å²) in [5.41, 5.74) is 0. The van der Waals surface area contributed by atoms with E-state index in [2.05, 4.69) is 0 Å². The molecule has 0 aromatic heterocycles. The molecule has 0 bridgehead atoms. The second kappa shape index (κ2) is 8.57. The van der Waals surface area contributed by atoms with Gasteiger partial charge in [0, 0.05) is 26.2 Å². The number of ether oxygens (including phenoxy) is 3. The van der Waals surface area contributed by atoms with E-state index < -0.39 is 39.2 Å². The maximum Gasteiger partial charge on any atom is 0.377 e. The Morgan fingerprint density at radius 1 is 1.11 bits per heavy atom. The lowest BCUT2D eigenvalue weighted by Crippen LogP contribution is -2.51. The molecule has 9 nitrogen and oxygen atoms in total. The fraction of sp³-hybridized carbons (Fsp3) is 0.412. The summed E-state index contributed by atoms with van der Waals surface area (Å²) in [5, 5.41) is 0. The molecule has 152 valence electrons. The predicted molar refractivity (Wildman–Crippen MR) is 92.7 cm³/mol. The van der Waals surface area contributed by atoms with Crippen LogP contribution in [-0.4, -0.2) is 75.5 Å². The number of hydrogen-bond donors (Lipinski definition) is 0. The molecule has 1 amide bonds. The summed E-state index contributed by atoms with van der Waals surface area (Å²) >= 11 is 0. The molecule has 2 heterocycles. The van der Waals surface area contributed by atoms with Crippen LogP contribution in [0.15, 0.2) is 41.2 Å². The summed E-state index contributed by atoms with van der Waals surface area (Å²) in [6, 6.07) is 5.14. The molecular weight excluding hydrogens is 395 g/mol. The number of benzene rings is 1. The topological polar surface area (TPSA) is 102 Å². The number of rotatable bonds is 5. The van der Waals surface area contributed by atoms with E-state index in [1.54, 1.807) is 0 Å². The van der Waals surface area contributed by atoms with Crippen molar-refractivity contribution in [3.63, 3.8) is 0 Å². The van der Waals surface area contributed by atoms with Gasteiger partial charge in [-0.15, -0.1) is 0 Å². The van der Waals surface area contributed by atoms with Crippen molar-refractivity contribution in [3.8, 4) is 0 Å². The number of nitrogens with zero attached hydrogens (tertiary/aromatic N) is 2. The molecule has 0 N–H and O–H groups in total. The molecule has 11 heteroatoms. The summed E-state index contributed by atoms with van der Waals surface area (Å²) in [7, 11) is -3.98. The van der Waals surface area contributed by atoms with Crippen LogP contribution in [0.3, 0.4) is 0 Å². The molecule has 0 unspecified atom stereocenters. The van der Waals surface area contributed by atoms with E-state index >= 15 is 0 Å². The van der Waals surface area contributed by atoms with Crippen LogP contribution < -0.4 is 0 Å². The highest BCUT2D eigenvalue weighted by molar-refractivity contribution is 7.89. The maximum atomic E-state index is 13.8. The van der Waals surface area contributed by atoms with Gasteiger partial charge in [0.15, 0.2) is 6.61 Å². The van der Waals surface area contributed by atoms with Crippen LogP contribution in [0.1, 0.15) is 0 Å². The summed E-state index contributed by atoms with van der Waals surface area (Å²) in [4.78, 5) is 24.9. The second-order valence-electron chi connectivity index (χ2n) is 5.99. The van der Waals surface area contributed by atoms with Gasteiger partial charge in [-0.05, 0) is 12.1 Å². The zero-order valence-electron chi connectivity index (χ0n) is 14.9. The highest BCUT2D eigenvalue weighted by atomic mass is 32.2. The number of halogens is 1. The summed E-state index contributed by atoms with van der Waals surface area (Å²) in [6.07, 6.45) is 1.13. The number of carbonyl (C=O) groups is 2. The van der Waals surface area contributed by atoms with Gasteiger partial charge in [-0.3, -0.25) is 4.79 Å². The van der Waals surface area contributed by atoms with E-state index in [1.807, 2.05) is 0 Å². The molecule has 0 spiro atoms. The Labute approximate surface area is 161 Å². The lowest BCUT2D eigenvalue weighted by molar-refractivity contribution is -0.153. The molecule has 3 rings (SSSR count). The van der Waals surface area contributed by atoms with Crippen LogP contribution in [0.5, 0.6) is 0 Å². The summed E-state index contributed by atoms with van der Waals surface area (Å²) in [6.45, 7) is 0.276. The van der Waals surface area contributed by atoms with Gasteiger partial charge in [0.25, 0.3) is 5.91 Å². The Bertz CT molecular complexity index is 879. The molecule has 2 aliphatic rings. The number of carbonyl (C=O) groups excluding carboxylic acids is 2. The fourth-order valence-electron chi connectivity index (χ4n) is 2.74. The number of sulfonamides is 1. The molecule has 1 aromatic rings. The van der Waals surface area contributed by atoms with Crippen LogP contribution in [0.4, 0.5) is 4.39 Å². The van der Waals surface area contributed by atoms with Gasteiger partial charge in [-0.25, -0.2) is 17.6 Å². The molecule has 2 aliphatic heterocycles. The van der Waals surface area contributed by atoms with Crippen molar-refractivity contribution in [2.24, 2.45) is 0 Å². The van der Waals surface area contributed by atoms with Gasteiger partial charge >= 0.3 is 5.97 Å². The lowest BCUT2D eigenvalue weighted by atomic mass is 10.3. The molecule has 0 radical (unpaired) electrons. The van der Waals surface area contributed by atoms with Crippen molar-refractivity contribution in [3.05, 3.63) is 42.1 Å². The molecule has 0 aliphatic carbocycles. The number of hydrogen-bond acceptors (Lipinski definition) is 7. The standard InChI is InChI=1S/C17H19FN2O7S/c18-13-3-1-2-4-15(13)28(23,24)20-7-5-19(6-8-20)16(21)12-27-17(22)14-11-25-9-10-26-14/h1-4,11H,5-10,12H2. The minimum absolute atomic E-state index is 0.0124. The Morgan fingerprint density at radius 2 is 1.82 bits per heavy atom. The first kappa shape index (κ1) is 20.1. The van der Waals surface area contributed by atoms with E-state index in [-0.39, 0.29) is 38.5 Å². The molecule has 1 aromatic carbocycles. The van der Waals surface area contributed by atoms with Crippen LogP contribution in [0.25, 0.3) is 0 Å². The SMILES string of the molecule is O=C(OCC(=O)N1CCN(S(=O)(=O)c2ccccc2F)CC1)C1=COCCO1. The van der Waals surface area contributed by atoms with Gasteiger partial charge in [-0.2, -0.15) is 4.31 Å². The molecule has 1 fully saturated rings. The van der Waals surface area contributed by atoms with E-state index in [4.69, 9.17) is 14.2 Å². The minimum Gasteiger partial charge on any atom is -0.493 e. The van der Waals surface area contributed by atoms with Gasteiger partial charge < -0.3 is 19.1 Å². The van der Waals surface area contributed by atoms with Crippen molar-refractivity contribution >= 4 is 21.9 Å². The first-order chi connectivity index (χ1) is 13.4. The van der Waals surface area contributed by atoms with Crippen LogP contribution >= 0.6 is 0 Å². The number of amides is 1. The quantitative estimate of drug-likeness (QED) is 0.629. The molecule has 0 saturated carbocycles. The minimum atomic E-state index is -3.98. The highest BCUT2D eigenvalue weighted by Gasteiger charge is 2.32. The van der Waals surface area contributed by atoms with Crippen molar-refractivity contribution in [2.75, 3.05) is 46.0 Å². The Morgan fingerprint density at radius 3 is 2.46 bits per heavy atom. The van der Waals surface area contributed by atoms with Gasteiger partial charge in [0.2, 0.25) is 15.8 Å². The van der Waals surface area contributed by atoms with Crippen LogP contribution in [0.2, 0.25) is 0 Å². The first-order valence-corrected chi connectivity index (χ1v) is 9.98. The Hall–Kier alpha value is -2.66. The lowest BCUT2D eigenvalue weighted by Gasteiger charge is -2.33. The third-order valence-corrected chi connectivity index (χ3v) is 6.15. The van der Waals surface area contributed by atoms with E-state index in [9.17, 15) is 22.4 Å². The molecular formula is C17H19FN2O7S. The van der Waals surface area contributed by atoms with E-state index in [0.29, 0.717) is 6.61 Å². The fourth-order valence-corrected chi connectivity index (χ4v) is 4.22. The van der Waals surface area contributed by atoms with Gasteiger partial charge in [0.05, 0.1) is 0 Å². The van der Waals surface area contributed by atoms with Crippen LogP contribution in [0, 0.1) is 5.82 Å². The molecule has 1 saturated heterocycles. The highest BCUT2D eigenvalue weighted by Crippen LogP contribution is 2.20. The average molecular weight is 414 g/mol. The van der Waals surface area contributed by atoms with E-state index in [0.717, 1.165) is 16.6 Å². The predicted octanol–water partition coefficient (Wildman–Crippen LogP) is 0.0900. The van der Waals surface area contributed by atoms with Crippen molar-refractivity contribution < 1.29 is 36.6 Å². The van der Waals surface area contributed by atoms with Crippen molar-refractivity contribution in [1.29, 1.82) is 0 Å². The van der Waals surface area contributed by atoms with E-state index in [1.165, 1.54) is 23.1 Å². The zero-order chi connectivity index (χ0) is 20.1. The maximum absolute atomic E-state index is 13.8.